The smallest absolute Gasteiger partial charge is 0.158 e. The van der Waals surface area contributed by atoms with Crippen molar-refractivity contribution in [2.45, 2.75) is 32.6 Å². The van der Waals surface area contributed by atoms with Gasteiger partial charge in [0.25, 0.3) is 0 Å². The number of allylic oxidation sites excluding steroid dienone is 3. The maximum absolute atomic E-state index is 11.2. The van der Waals surface area contributed by atoms with Crippen molar-refractivity contribution in [2.24, 2.45) is 0 Å². The van der Waals surface area contributed by atoms with Gasteiger partial charge in [-0.2, -0.15) is 0 Å². The zero-order chi connectivity index (χ0) is 8.27. The Morgan fingerprint density at radius 3 is 2.91 bits per heavy atom. The summed E-state index contributed by atoms with van der Waals surface area (Å²) < 4.78 is 0. The van der Waals surface area contributed by atoms with Crippen LogP contribution in [0.1, 0.15) is 32.6 Å². The van der Waals surface area contributed by atoms with Crippen LogP contribution in [0, 0.1) is 0 Å². The molecular weight excluding hydrogens is 136 g/mol. The van der Waals surface area contributed by atoms with Gasteiger partial charge >= 0.3 is 0 Å². The van der Waals surface area contributed by atoms with Gasteiger partial charge < -0.3 is 0 Å². The van der Waals surface area contributed by atoms with Crippen molar-refractivity contribution in [2.75, 3.05) is 0 Å². The molecule has 0 bridgehead atoms. The van der Waals surface area contributed by atoms with Crippen LogP contribution in [-0.2, 0) is 4.79 Å². The minimum absolute atomic E-state index is 0.327. The van der Waals surface area contributed by atoms with Crippen molar-refractivity contribution < 1.29 is 4.79 Å². The van der Waals surface area contributed by atoms with Crippen molar-refractivity contribution >= 4 is 5.78 Å². The van der Waals surface area contributed by atoms with E-state index in [0.29, 0.717) is 5.78 Å². The monoisotopic (exact) mass is 150 g/mol. The summed E-state index contributed by atoms with van der Waals surface area (Å²) in [6.07, 6.45) is 5.62. The Hall–Kier alpha value is -0.850. The molecule has 0 unspecified atom stereocenters. The predicted molar refractivity (Wildman–Crippen MR) is 46.4 cm³/mol. The van der Waals surface area contributed by atoms with Gasteiger partial charge in [-0.05, 0) is 31.8 Å². The highest BCUT2D eigenvalue weighted by Gasteiger charge is 2.14. The maximum atomic E-state index is 11.2. The molecule has 0 aromatic rings. The summed E-state index contributed by atoms with van der Waals surface area (Å²) >= 11 is 0. The molecule has 1 nitrogen and oxygen atoms in total. The van der Waals surface area contributed by atoms with Crippen molar-refractivity contribution in [3.63, 3.8) is 0 Å². The molecule has 1 heteroatoms. The number of hydrogen-bond donors (Lipinski definition) is 0. The SMILES string of the molecule is C=CCC1=C(C)C(=O)CCC1. The topological polar surface area (TPSA) is 17.1 Å². The molecule has 11 heavy (non-hydrogen) atoms. The van der Waals surface area contributed by atoms with Gasteiger partial charge in [-0.1, -0.05) is 11.6 Å². The Bertz CT molecular complexity index is 211. The summed E-state index contributed by atoms with van der Waals surface area (Å²) in [7, 11) is 0. The Morgan fingerprint density at radius 2 is 2.27 bits per heavy atom. The predicted octanol–water partition coefficient (Wildman–Crippen LogP) is 2.63. The van der Waals surface area contributed by atoms with Crippen molar-refractivity contribution in [3.05, 3.63) is 23.8 Å². The number of rotatable bonds is 2. The molecule has 0 spiro atoms. The Kier molecular flexibility index (Phi) is 2.64. The Morgan fingerprint density at radius 1 is 1.55 bits per heavy atom. The highest BCUT2D eigenvalue weighted by Crippen LogP contribution is 2.23. The van der Waals surface area contributed by atoms with Crippen molar-refractivity contribution in [3.8, 4) is 0 Å². The third-order valence-electron chi connectivity index (χ3n) is 2.22. The highest BCUT2D eigenvalue weighted by molar-refractivity contribution is 5.96. The van der Waals surface area contributed by atoms with Gasteiger partial charge in [-0.3, -0.25) is 4.79 Å². The van der Waals surface area contributed by atoms with Crippen LogP contribution < -0.4 is 0 Å². The molecule has 1 aliphatic carbocycles. The fourth-order valence-electron chi connectivity index (χ4n) is 1.46. The lowest BCUT2D eigenvalue weighted by molar-refractivity contribution is -0.116. The van der Waals surface area contributed by atoms with E-state index in [-0.39, 0.29) is 0 Å². The molecule has 0 atom stereocenters. The summed E-state index contributed by atoms with van der Waals surface area (Å²) in [5.74, 6) is 0.327. The van der Waals surface area contributed by atoms with Gasteiger partial charge in [-0.15, -0.1) is 6.58 Å². The minimum Gasteiger partial charge on any atom is -0.295 e. The third kappa shape index (κ3) is 1.79. The molecule has 0 aliphatic heterocycles. The highest BCUT2D eigenvalue weighted by atomic mass is 16.1. The van der Waals surface area contributed by atoms with Gasteiger partial charge in [-0.25, -0.2) is 0 Å². The quantitative estimate of drug-likeness (QED) is 0.553. The van der Waals surface area contributed by atoms with Crippen LogP contribution in [0.4, 0.5) is 0 Å². The molecule has 0 aromatic carbocycles. The van der Waals surface area contributed by atoms with Gasteiger partial charge in [0.15, 0.2) is 5.78 Å². The molecular formula is C10H14O. The first-order valence-corrected chi connectivity index (χ1v) is 4.08. The van der Waals surface area contributed by atoms with E-state index < -0.39 is 0 Å². The molecule has 0 heterocycles. The second-order valence-electron chi connectivity index (χ2n) is 3.00. The fraction of sp³-hybridized carbons (Fsp3) is 0.500. The summed E-state index contributed by atoms with van der Waals surface area (Å²) in [5, 5.41) is 0. The third-order valence-corrected chi connectivity index (χ3v) is 2.22. The molecule has 0 fully saturated rings. The van der Waals surface area contributed by atoms with Gasteiger partial charge in [0.05, 0.1) is 0 Å². The molecule has 60 valence electrons. The summed E-state index contributed by atoms with van der Waals surface area (Å²) in [4.78, 5) is 11.2. The molecule has 0 aromatic heterocycles. The van der Waals surface area contributed by atoms with Gasteiger partial charge in [0.2, 0.25) is 0 Å². The van der Waals surface area contributed by atoms with E-state index in [9.17, 15) is 4.79 Å². The summed E-state index contributed by atoms with van der Waals surface area (Å²) in [6, 6.07) is 0. The lowest BCUT2D eigenvalue weighted by Gasteiger charge is -2.14. The van der Waals surface area contributed by atoms with Crippen LogP contribution in [0.15, 0.2) is 23.8 Å². The largest absolute Gasteiger partial charge is 0.295 e. The van der Waals surface area contributed by atoms with Crippen molar-refractivity contribution in [1.29, 1.82) is 0 Å². The average Bonchev–Trinajstić information content (AvgIpc) is 1.99. The lowest BCUT2D eigenvalue weighted by atomic mass is 9.90. The molecule has 0 radical (unpaired) electrons. The number of ketones is 1. The van der Waals surface area contributed by atoms with E-state index in [1.165, 1.54) is 5.57 Å². The molecule has 0 saturated carbocycles. The van der Waals surface area contributed by atoms with Crippen LogP contribution in [0.25, 0.3) is 0 Å². The van der Waals surface area contributed by atoms with Crippen LogP contribution in [0.3, 0.4) is 0 Å². The van der Waals surface area contributed by atoms with E-state index in [2.05, 4.69) is 6.58 Å². The zero-order valence-corrected chi connectivity index (χ0v) is 7.02. The van der Waals surface area contributed by atoms with E-state index in [1.54, 1.807) is 0 Å². The average molecular weight is 150 g/mol. The first-order valence-electron chi connectivity index (χ1n) is 4.08. The van der Waals surface area contributed by atoms with Crippen LogP contribution in [0.2, 0.25) is 0 Å². The zero-order valence-electron chi connectivity index (χ0n) is 7.02. The first-order chi connectivity index (χ1) is 5.25. The van der Waals surface area contributed by atoms with E-state index >= 15 is 0 Å². The van der Waals surface area contributed by atoms with E-state index in [1.807, 2.05) is 13.0 Å². The Labute approximate surface area is 67.8 Å². The van der Waals surface area contributed by atoms with Gasteiger partial charge in [0.1, 0.15) is 0 Å². The van der Waals surface area contributed by atoms with Gasteiger partial charge in [0, 0.05) is 6.42 Å². The van der Waals surface area contributed by atoms with Crippen LogP contribution in [0.5, 0.6) is 0 Å². The first kappa shape index (κ1) is 8.25. The minimum atomic E-state index is 0.327. The summed E-state index contributed by atoms with van der Waals surface area (Å²) in [6.45, 7) is 5.60. The second kappa shape index (κ2) is 3.51. The van der Waals surface area contributed by atoms with Crippen LogP contribution in [-0.4, -0.2) is 5.78 Å². The number of hydrogen-bond acceptors (Lipinski definition) is 1. The number of Topliss-reactive ketones (excluding diaryl/α,β-unsaturated/α-hetero) is 1. The standard InChI is InChI=1S/C10H14O/c1-3-5-9-6-4-7-10(11)8(9)2/h3H,1,4-7H2,2H3. The normalized spacial score (nSPS) is 18.8. The van der Waals surface area contributed by atoms with E-state index in [0.717, 1.165) is 31.3 Å². The second-order valence-corrected chi connectivity index (χ2v) is 3.00. The molecule has 1 rings (SSSR count). The Balaban J connectivity index is 2.79. The molecule has 0 amide bonds. The number of carbonyl (C=O) groups is 1. The fourth-order valence-corrected chi connectivity index (χ4v) is 1.46. The maximum Gasteiger partial charge on any atom is 0.158 e. The number of carbonyl (C=O) groups excluding carboxylic acids is 1. The van der Waals surface area contributed by atoms with Crippen LogP contribution >= 0.6 is 0 Å². The molecule has 0 N–H and O–H groups in total. The van der Waals surface area contributed by atoms with Crippen molar-refractivity contribution in [1.82, 2.24) is 0 Å². The molecule has 1 aliphatic rings. The van der Waals surface area contributed by atoms with E-state index in [4.69, 9.17) is 0 Å². The lowest BCUT2D eigenvalue weighted by Crippen LogP contribution is -2.08. The molecule has 0 saturated heterocycles. The summed E-state index contributed by atoms with van der Waals surface area (Å²) in [5.41, 5.74) is 2.27.